The monoisotopic (exact) mass is 257 g/mol. The normalized spacial score (nSPS) is 11.9. The number of nitrogens with one attached hydrogen (secondary N) is 1. The number of hydrogen-bond donors (Lipinski definition) is 1. The first-order valence-electron chi connectivity index (χ1n) is 5.06. The number of fused-ring (bicyclic) bond motifs is 1. The molecule has 1 aromatic heterocycles. The first kappa shape index (κ1) is 11.9. The quantitative estimate of drug-likeness (QED) is 0.852. The van der Waals surface area contributed by atoms with Gasteiger partial charge in [0.2, 0.25) is 0 Å². The molecule has 4 nitrogen and oxygen atoms in total. The highest BCUT2D eigenvalue weighted by Gasteiger charge is 2.09. The van der Waals surface area contributed by atoms with E-state index in [4.69, 9.17) is 4.74 Å². The van der Waals surface area contributed by atoms with Gasteiger partial charge in [0, 0.05) is 23.7 Å². The van der Waals surface area contributed by atoms with E-state index in [1.807, 2.05) is 18.2 Å². The maximum atomic E-state index is 12.4. The van der Waals surface area contributed by atoms with Gasteiger partial charge in [-0.25, -0.2) is 0 Å². The van der Waals surface area contributed by atoms with Crippen molar-refractivity contribution in [2.45, 2.75) is 6.42 Å². The van der Waals surface area contributed by atoms with Gasteiger partial charge in [0.25, 0.3) is 0 Å². The van der Waals surface area contributed by atoms with Gasteiger partial charge < -0.3 is 9.72 Å². The second-order valence-electron chi connectivity index (χ2n) is 3.74. The van der Waals surface area contributed by atoms with Gasteiger partial charge in [-0.3, -0.25) is 0 Å². The summed E-state index contributed by atoms with van der Waals surface area (Å²) >= 11 is 0. The number of H-pyrrole nitrogens is 1. The van der Waals surface area contributed by atoms with Crippen molar-refractivity contribution in [3.05, 3.63) is 30.0 Å². The van der Waals surface area contributed by atoms with E-state index in [1.165, 1.54) is 0 Å². The minimum absolute atomic E-state index is 0.135. The summed E-state index contributed by atoms with van der Waals surface area (Å²) < 4.78 is 38.3. The Hall–Kier alpha value is -1.56. The molecule has 0 saturated carbocycles. The van der Waals surface area contributed by atoms with Gasteiger partial charge in [-0.1, -0.05) is 0 Å². The summed E-state index contributed by atoms with van der Waals surface area (Å²) in [5, 5.41) is 0.942. The maximum Gasteiger partial charge on any atom is 0.302 e. The number of hydrogen-bond acceptors (Lipinski definition) is 3. The minimum Gasteiger partial charge on any atom is -0.497 e. The Morgan fingerprint density at radius 1 is 1.35 bits per heavy atom. The summed E-state index contributed by atoms with van der Waals surface area (Å²) in [6.45, 7) is 0. The lowest BCUT2D eigenvalue weighted by Gasteiger charge is -1.97. The Labute approximate surface area is 98.6 Å². The molecule has 2 rings (SSSR count). The first-order valence-corrected chi connectivity index (χ1v) is 6.61. The van der Waals surface area contributed by atoms with Crippen molar-refractivity contribution >= 4 is 21.1 Å². The number of benzene rings is 1. The molecule has 0 radical (unpaired) electrons. The molecule has 0 fully saturated rings. The van der Waals surface area contributed by atoms with Crippen LogP contribution in [0.4, 0.5) is 3.89 Å². The predicted octanol–water partition coefficient (Wildman–Crippen LogP) is 2.02. The van der Waals surface area contributed by atoms with Crippen LogP contribution in [0.15, 0.2) is 24.3 Å². The predicted molar refractivity (Wildman–Crippen MR) is 63.4 cm³/mol. The zero-order valence-corrected chi connectivity index (χ0v) is 10.1. The van der Waals surface area contributed by atoms with E-state index in [2.05, 4.69) is 4.98 Å². The largest absolute Gasteiger partial charge is 0.497 e. The molecule has 0 aliphatic heterocycles. The molecule has 0 bridgehead atoms. The topological polar surface area (TPSA) is 59.2 Å². The fraction of sp³-hybridized carbons (Fsp3) is 0.273. The van der Waals surface area contributed by atoms with Gasteiger partial charge >= 0.3 is 10.2 Å². The van der Waals surface area contributed by atoms with Crippen LogP contribution in [0.25, 0.3) is 10.9 Å². The van der Waals surface area contributed by atoms with E-state index in [1.54, 1.807) is 13.2 Å². The third kappa shape index (κ3) is 2.97. The van der Waals surface area contributed by atoms with Crippen molar-refractivity contribution in [1.82, 2.24) is 4.98 Å². The lowest BCUT2D eigenvalue weighted by Crippen LogP contribution is -2.01. The molecule has 0 aliphatic carbocycles. The molecule has 17 heavy (non-hydrogen) atoms. The molecule has 0 unspecified atom stereocenters. The third-order valence-electron chi connectivity index (χ3n) is 2.50. The fourth-order valence-electron chi connectivity index (χ4n) is 1.66. The molecule has 0 aliphatic rings. The SMILES string of the molecule is COc1ccc2cc(CCS(=O)(=O)F)[nH]c2c1. The molecule has 92 valence electrons. The lowest BCUT2D eigenvalue weighted by atomic mass is 10.2. The van der Waals surface area contributed by atoms with Crippen molar-refractivity contribution in [3.8, 4) is 5.75 Å². The van der Waals surface area contributed by atoms with Gasteiger partial charge in [-0.2, -0.15) is 8.42 Å². The molecule has 0 saturated heterocycles. The van der Waals surface area contributed by atoms with Gasteiger partial charge in [-0.15, -0.1) is 3.89 Å². The van der Waals surface area contributed by atoms with Crippen molar-refractivity contribution in [3.63, 3.8) is 0 Å². The Morgan fingerprint density at radius 2 is 2.12 bits per heavy atom. The van der Waals surface area contributed by atoms with Crippen LogP contribution in [0, 0.1) is 0 Å². The Kier molecular flexibility index (Phi) is 3.06. The van der Waals surface area contributed by atoms with Crippen molar-refractivity contribution in [1.29, 1.82) is 0 Å². The summed E-state index contributed by atoms with van der Waals surface area (Å²) in [4.78, 5) is 3.03. The molecule has 1 aromatic carbocycles. The molecule has 0 spiro atoms. The fourth-order valence-corrected chi connectivity index (χ4v) is 2.12. The smallest absolute Gasteiger partial charge is 0.302 e. The molecule has 2 aromatic rings. The van der Waals surface area contributed by atoms with Crippen LogP contribution >= 0.6 is 0 Å². The Balaban J connectivity index is 2.25. The molecule has 0 atom stereocenters. The summed E-state index contributed by atoms with van der Waals surface area (Å²) in [7, 11) is -2.85. The standard InChI is InChI=1S/C11H12FNO3S/c1-16-10-3-2-8-6-9(13-11(8)7-10)4-5-17(12,14)15/h2-3,6-7,13H,4-5H2,1H3. The van der Waals surface area contributed by atoms with Gasteiger partial charge in [0.1, 0.15) is 5.75 Å². The number of rotatable bonds is 4. The molecule has 0 amide bonds. The lowest BCUT2D eigenvalue weighted by molar-refractivity contribution is 0.415. The summed E-state index contributed by atoms with van der Waals surface area (Å²) in [6, 6.07) is 7.28. The zero-order chi connectivity index (χ0) is 12.5. The number of aromatic nitrogens is 1. The van der Waals surface area contributed by atoms with Gasteiger partial charge in [-0.05, 0) is 23.6 Å². The van der Waals surface area contributed by atoms with Crippen molar-refractivity contribution in [2.75, 3.05) is 12.9 Å². The molecule has 6 heteroatoms. The second-order valence-corrected chi connectivity index (χ2v) is 5.23. The highest BCUT2D eigenvalue weighted by Crippen LogP contribution is 2.21. The third-order valence-corrected chi connectivity index (χ3v) is 3.19. The van der Waals surface area contributed by atoms with Gasteiger partial charge in [0.15, 0.2) is 0 Å². The second kappa shape index (κ2) is 4.37. The van der Waals surface area contributed by atoms with Crippen molar-refractivity contribution < 1.29 is 17.0 Å². The van der Waals surface area contributed by atoms with E-state index in [9.17, 15) is 12.3 Å². The van der Waals surface area contributed by atoms with Crippen LogP contribution in [0.3, 0.4) is 0 Å². The number of aryl methyl sites for hydroxylation is 1. The van der Waals surface area contributed by atoms with E-state index in [0.717, 1.165) is 10.9 Å². The van der Waals surface area contributed by atoms with E-state index in [0.29, 0.717) is 11.4 Å². The number of ether oxygens (including phenoxy) is 1. The van der Waals surface area contributed by atoms with Crippen LogP contribution < -0.4 is 4.74 Å². The van der Waals surface area contributed by atoms with Crippen LogP contribution in [0.1, 0.15) is 5.69 Å². The number of aromatic amines is 1. The van der Waals surface area contributed by atoms with Crippen LogP contribution in [0.2, 0.25) is 0 Å². The van der Waals surface area contributed by atoms with Crippen molar-refractivity contribution in [2.24, 2.45) is 0 Å². The van der Waals surface area contributed by atoms with Crippen LogP contribution in [-0.4, -0.2) is 26.3 Å². The van der Waals surface area contributed by atoms with E-state index >= 15 is 0 Å². The number of methoxy groups -OCH3 is 1. The van der Waals surface area contributed by atoms with Gasteiger partial charge in [0.05, 0.1) is 12.9 Å². The molecule has 1 N–H and O–H groups in total. The summed E-state index contributed by atoms with van der Waals surface area (Å²) in [5.41, 5.74) is 1.53. The molecular weight excluding hydrogens is 245 g/mol. The van der Waals surface area contributed by atoms with Crippen LogP contribution in [-0.2, 0) is 16.6 Å². The maximum absolute atomic E-state index is 12.4. The highest BCUT2D eigenvalue weighted by molar-refractivity contribution is 7.86. The number of halogens is 1. The minimum atomic E-state index is -4.42. The first-order chi connectivity index (χ1) is 7.98. The Bertz CT molecular complexity index is 633. The van der Waals surface area contributed by atoms with E-state index in [-0.39, 0.29) is 6.42 Å². The summed E-state index contributed by atoms with van der Waals surface area (Å²) in [6.07, 6.45) is 0.135. The average molecular weight is 257 g/mol. The Morgan fingerprint density at radius 3 is 2.76 bits per heavy atom. The zero-order valence-electron chi connectivity index (χ0n) is 9.23. The highest BCUT2D eigenvalue weighted by atomic mass is 32.3. The van der Waals surface area contributed by atoms with E-state index < -0.39 is 16.0 Å². The molecule has 1 heterocycles. The average Bonchev–Trinajstić information content (AvgIpc) is 2.66. The summed E-state index contributed by atoms with van der Waals surface area (Å²) in [5.74, 6) is 0.209. The van der Waals surface area contributed by atoms with Crippen LogP contribution in [0.5, 0.6) is 5.75 Å². The molecular formula is C11H12FNO3S.